The Morgan fingerprint density at radius 2 is 1.61 bits per heavy atom. The molecule has 1 aromatic carbocycles. The van der Waals surface area contributed by atoms with E-state index in [-0.39, 0.29) is 18.6 Å². The molecule has 206 valence electrons. The minimum Gasteiger partial charge on any atom is -0.508 e. The van der Waals surface area contributed by atoms with Gasteiger partial charge in [0.05, 0.1) is 24.9 Å². The summed E-state index contributed by atoms with van der Waals surface area (Å²) in [6.07, 6.45) is 0.712. The van der Waals surface area contributed by atoms with Crippen molar-refractivity contribution < 1.29 is 39.3 Å². The standard InChI is InChI=1S/C23H31N7O8/c1-11(31)19(22(36)29-17(23(37)38)8-18(25)33)30-21(35)16(6-12-2-4-14(32)5-3-12)28-20(34)15(24)7-13-9-26-10-27-13/h2-5,9-11,15-17,19,31-32H,6-8,24H2,1H3,(H2,25,33)(H,26,27)(H,28,34)(H,29,36)(H,30,35)(H,37,38). The average molecular weight is 534 g/mol. The second-order valence-electron chi connectivity index (χ2n) is 8.62. The molecule has 0 aliphatic heterocycles. The van der Waals surface area contributed by atoms with Gasteiger partial charge in [-0.15, -0.1) is 0 Å². The summed E-state index contributed by atoms with van der Waals surface area (Å²) in [6, 6.07) is 0.126. The third-order valence-electron chi connectivity index (χ3n) is 5.42. The van der Waals surface area contributed by atoms with Crippen LogP contribution in [0.4, 0.5) is 0 Å². The number of aromatic amines is 1. The summed E-state index contributed by atoms with van der Waals surface area (Å²) >= 11 is 0. The first kappa shape index (κ1) is 29.7. The van der Waals surface area contributed by atoms with Crippen LogP contribution in [0.5, 0.6) is 5.75 Å². The lowest BCUT2D eigenvalue weighted by Crippen LogP contribution is -2.60. The molecule has 4 amide bonds. The number of amides is 4. The van der Waals surface area contributed by atoms with Gasteiger partial charge < -0.3 is 47.7 Å². The number of phenolic OH excluding ortho intramolecular Hbond substituents is 1. The Bertz CT molecular complexity index is 1120. The minimum atomic E-state index is -1.69. The molecule has 1 aromatic heterocycles. The molecule has 0 radical (unpaired) electrons. The first-order chi connectivity index (χ1) is 17.9. The fourth-order valence-corrected chi connectivity index (χ4v) is 3.40. The molecular weight excluding hydrogens is 502 g/mol. The van der Waals surface area contributed by atoms with Crippen molar-refractivity contribution in [2.45, 2.75) is 56.5 Å². The van der Waals surface area contributed by atoms with Crippen molar-refractivity contribution in [1.29, 1.82) is 0 Å². The van der Waals surface area contributed by atoms with E-state index in [1.54, 1.807) is 0 Å². The molecule has 5 unspecified atom stereocenters. The molecule has 38 heavy (non-hydrogen) atoms. The molecule has 0 saturated carbocycles. The van der Waals surface area contributed by atoms with Gasteiger partial charge in [-0.1, -0.05) is 12.1 Å². The van der Waals surface area contributed by atoms with Gasteiger partial charge in [-0.3, -0.25) is 19.2 Å². The number of carboxylic acids is 1. The topological polar surface area (TPSA) is 263 Å². The van der Waals surface area contributed by atoms with Crippen LogP contribution in [0.3, 0.4) is 0 Å². The quantitative estimate of drug-likeness (QED) is 0.119. The van der Waals surface area contributed by atoms with E-state index >= 15 is 0 Å². The van der Waals surface area contributed by atoms with E-state index in [4.69, 9.17) is 11.5 Å². The molecule has 11 N–H and O–H groups in total. The Balaban J connectivity index is 2.21. The smallest absolute Gasteiger partial charge is 0.326 e. The third-order valence-corrected chi connectivity index (χ3v) is 5.42. The lowest BCUT2D eigenvalue weighted by Gasteiger charge is -2.26. The highest BCUT2D eigenvalue weighted by Gasteiger charge is 2.33. The number of nitrogens with two attached hydrogens (primary N) is 2. The molecular formula is C23H31N7O8. The number of rotatable bonds is 14. The monoisotopic (exact) mass is 533 g/mol. The van der Waals surface area contributed by atoms with Crippen LogP contribution in [0.25, 0.3) is 0 Å². The van der Waals surface area contributed by atoms with Crippen molar-refractivity contribution in [3.63, 3.8) is 0 Å². The summed E-state index contributed by atoms with van der Waals surface area (Å²) in [5, 5.41) is 35.8. The number of H-pyrrole nitrogens is 1. The van der Waals surface area contributed by atoms with Gasteiger partial charge in [-0.25, -0.2) is 9.78 Å². The molecule has 15 nitrogen and oxygen atoms in total. The van der Waals surface area contributed by atoms with Gasteiger partial charge in [0.25, 0.3) is 0 Å². The number of nitrogens with one attached hydrogen (secondary N) is 4. The molecule has 15 heteroatoms. The number of carbonyl (C=O) groups excluding carboxylic acids is 4. The van der Waals surface area contributed by atoms with Gasteiger partial charge in [0.2, 0.25) is 23.6 Å². The van der Waals surface area contributed by atoms with Crippen molar-refractivity contribution in [3.05, 3.63) is 48.0 Å². The number of hydrogen-bond donors (Lipinski definition) is 9. The first-order valence-corrected chi connectivity index (χ1v) is 11.5. The average Bonchev–Trinajstić information content (AvgIpc) is 3.35. The Kier molecular flexibility index (Phi) is 10.7. The van der Waals surface area contributed by atoms with Crippen LogP contribution in [0.2, 0.25) is 0 Å². The number of carbonyl (C=O) groups is 5. The first-order valence-electron chi connectivity index (χ1n) is 11.5. The SMILES string of the molecule is CC(O)C(NC(=O)C(Cc1ccc(O)cc1)NC(=O)C(N)Cc1cnc[nH]1)C(=O)NC(CC(N)=O)C(=O)O. The molecule has 0 spiro atoms. The van der Waals surface area contributed by atoms with E-state index in [1.165, 1.54) is 43.7 Å². The van der Waals surface area contributed by atoms with E-state index in [1.807, 2.05) is 0 Å². The van der Waals surface area contributed by atoms with E-state index in [0.29, 0.717) is 11.3 Å². The van der Waals surface area contributed by atoms with Gasteiger partial charge in [-0.05, 0) is 24.6 Å². The zero-order valence-electron chi connectivity index (χ0n) is 20.5. The fourth-order valence-electron chi connectivity index (χ4n) is 3.40. The predicted molar refractivity (Wildman–Crippen MR) is 131 cm³/mol. The van der Waals surface area contributed by atoms with Crippen LogP contribution in [0.1, 0.15) is 24.6 Å². The zero-order chi connectivity index (χ0) is 28.4. The van der Waals surface area contributed by atoms with Crippen molar-refractivity contribution in [3.8, 4) is 5.75 Å². The predicted octanol–water partition coefficient (Wildman–Crippen LogP) is -2.98. The molecule has 2 aromatic rings. The number of carboxylic acid groups (broad SMARTS) is 1. The van der Waals surface area contributed by atoms with Gasteiger partial charge in [0.15, 0.2) is 0 Å². The molecule has 2 rings (SSSR count). The number of aliphatic hydroxyl groups excluding tert-OH is 1. The summed E-state index contributed by atoms with van der Waals surface area (Å²) in [6.45, 7) is 1.18. The lowest BCUT2D eigenvalue weighted by molar-refractivity contribution is -0.144. The molecule has 5 atom stereocenters. The normalized spacial score (nSPS) is 14.8. The largest absolute Gasteiger partial charge is 0.508 e. The van der Waals surface area contributed by atoms with Crippen molar-refractivity contribution >= 4 is 29.6 Å². The molecule has 0 bridgehead atoms. The third kappa shape index (κ3) is 9.18. The summed E-state index contributed by atoms with van der Waals surface area (Å²) in [4.78, 5) is 67.8. The van der Waals surface area contributed by atoms with Crippen LogP contribution in [-0.2, 0) is 36.8 Å². The van der Waals surface area contributed by atoms with Crippen molar-refractivity contribution in [1.82, 2.24) is 25.9 Å². The second-order valence-corrected chi connectivity index (χ2v) is 8.62. The second kappa shape index (κ2) is 13.7. The summed E-state index contributed by atoms with van der Waals surface area (Å²) in [7, 11) is 0. The summed E-state index contributed by atoms with van der Waals surface area (Å²) in [5.74, 6) is -5.22. The van der Waals surface area contributed by atoms with Crippen LogP contribution >= 0.6 is 0 Å². The highest BCUT2D eigenvalue weighted by atomic mass is 16.4. The minimum absolute atomic E-state index is 0.0184. The molecule has 0 saturated heterocycles. The van der Waals surface area contributed by atoms with Gasteiger partial charge in [-0.2, -0.15) is 0 Å². The number of hydrogen-bond acceptors (Lipinski definition) is 9. The number of phenols is 1. The maximum Gasteiger partial charge on any atom is 0.326 e. The molecule has 0 aliphatic carbocycles. The summed E-state index contributed by atoms with van der Waals surface area (Å²) in [5.41, 5.74) is 12.1. The number of aliphatic carboxylic acids is 1. The van der Waals surface area contributed by atoms with Crippen LogP contribution < -0.4 is 27.4 Å². The number of aliphatic hydroxyl groups is 1. The molecule has 0 fully saturated rings. The maximum absolute atomic E-state index is 13.2. The van der Waals surface area contributed by atoms with E-state index in [2.05, 4.69) is 25.9 Å². The summed E-state index contributed by atoms with van der Waals surface area (Å²) < 4.78 is 0. The highest BCUT2D eigenvalue weighted by Crippen LogP contribution is 2.12. The van der Waals surface area contributed by atoms with Gasteiger partial charge >= 0.3 is 5.97 Å². The number of benzene rings is 1. The van der Waals surface area contributed by atoms with Crippen LogP contribution in [-0.4, -0.2) is 85.2 Å². The van der Waals surface area contributed by atoms with Gasteiger partial charge in [0, 0.05) is 24.7 Å². The Morgan fingerprint density at radius 3 is 2.13 bits per heavy atom. The number of primary amides is 1. The fraction of sp³-hybridized carbons (Fsp3) is 0.391. The van der Waals surface area contributed by atoms with Crippen molar-refractivity contribution in [2.24, 2.45) is 11.5 Å². The molecule has 0 aliphatic rings. The number of aromatic nitrogens is 2. The van der Waals surface area contributed by atoms with Gasteiger partial charge in [0.1, 0.15) is 23.9 Å². The van der Waals surface area contributed by atoms with E-state index < -0.39 is 66.3 Å². The number of aromatic hydroxyl groups is 1. The molecule has 1 heterocycles. The van der Waals surface area contributed by atoms with E-state index in [9.17, 15) is 39.3 Å². The van der Waals surface area contributed by atoms with Crippen molar-refractivity contribution in [2.75, 3.05) is 0 Å². The number of imidazole rings is 1. The Hall–Kier alpha value is -4.50. The van der Waals surface area contributed by atoms with Crippen LogP contribution in [0, 0.1) is 0 Å². The highest BCUT2D eigenvalue weighted by molar-refractivity contribution is 5.95. The lowest BCUT2D eigenvalue weighted by atomic mass is 10.0. The Morgan fingerprint density at radius 1 is 0.974 bits per heavy atom. The number of nitrogens with zero attached hydrogens (tertiary/aromatic N) is 1. The van der Waals surface area contributed by atoms with Crippen LogP contribution in [0.15, 0.2) is 36.8 Å². The zero-order valence-corrected chi connectivity index (χ0v) is 20.5. The van der Waals surface area contributed by atoms with E-state index in [0.717, 1.165) is 0 Å². The maximum atomic E-state index is 13.2. The Labute approximate surface area is 217 Å².